The normalized spacial score (nSPS) is 11.3. The summed E-state index contributed by atoms with van der Waals surface area (Å²) in [6.07, 6.45) is 0. The molecule has 6 nitrogen and oxygen atoms in total. The van der Waals surface area contributed by atoms with Crippen LogP contribution < -0.4 is 10.5 Å². The van der Waals surface area contributed by atoms with Gasteiger partial charge >= 0.3 is 0 Å². The molecule has 0 aliphatic rings. The van der Waals surface area contributed by atoms with Gasteiger partial charge in [0.05, 0.1) is 12.2 Å². The molecule has 1 aromatic carbocycles. The van der Waals surface area contributed by atoms with Crippen molar-refractivity contribution in [2.45, 2.75) is 11.8 Å². The largest absolute Gasteiger partial charge is 0.398 e. The van der Waals surface area contributed by atoms with Gasteiger partial charge in [0, 0.05) is 18.6 Å². The van der Waals surface area contributed by atoms with Crippen LogP contribution in [-0.2, 0) is 14.8 Å². The number of rotatable bonds is 5. The van der Waals surface area contributed by atoms with Crippen LogP contribution in [0.15, 0.2) is 23.1 Å². The molecule has 0 saturated heterocycles. The second-order valence-corrected chi connectivity index (χ2v) is 6.09. The fraction of sp³-hybridized carbons (Fsp3) is 0.364. The van der Waals surface area contributed by atoms with E-state index in [2.05, 4.69) is 4.72 Å². The first-order chi connectivity index (χ1) is 8.77. The molecule has 0 spiro atoms. The number of likely N-dealkylation sites (N-methyl/N-ethyl adjacent to an activating group) is 1. The van der Waals surface area contributed by atoms with E-state index >= 15 is 0 Å². The van der Waals surface area contributed by atoms with Gasteiger partial charge in [0.15, 0.2) is 0 Å². The van der Waals surface area contributed by atoms with Crippen LogP contribution in [0.4, 0.5) is 5.69 Å². The molecule has 106 valence electrons. The van der Waals surface area contributed by atoms with Gasteiger partial charge in [-0.2, -0.15) is 0 Å². The summed E-state index contributed by atoms with van der Waals surface area (Å²) in [6, 6.07) is 4.13. The lowest BCUT2D eigenvalue weighted by Crippen LogP contribution is -2.38. The van der Waals surface area contributed by atoms with Crippen LogP contribution in [0.3, 0.4) is 0 Å². The highest BCUT2D eigenvalue weighted by molar-refractivity contribution is 7.89. The summed E-state index contributed by atoms with van der Waals surface area (Å²) in [5.74, 6) is -0.327. The van der Waals surface area contributed by atoms with Crippen LogP contribution in [0, 0.1) is 0 Å². The molecular weight excluding hydrogens is 290 g/mol. The van der Waals surface area contributed by atoms with Gasteiger partial charge in [0.25, 0.3) is 0 Å². The summed E-state index contributed by atoms with van der Waals surface area (Å²) in [5.41, 5.74) is 5.67. The van der Waals surface area contributed by atoms with Gasteiger partial charge in [-0.05, 0) is 25.1 Å². The number of carbonyl (C=O) groups is 1. The quantitative estimate of drug-likeness (QED) is 0.782. The number of nitrogens with two attached hydrogens (primary N) is 1. The highest BCUT2D eigenvalue weighted by Crippen LogP contribution is 2.22. The summed E-state index contributed by atoms with van der Waals surface area (Å²) in [6.45, 7) is 1.97. The third-order valence-electron chi connectivity index (χ3n) is 2.58. The Morgan fingerprint density at radius 3 is 2.68 bits per heavy atom. The molecule has 19 heavy (non-hydrogen) atoms. The van der Waals surface area contributed by atoms with E-state index in [0.29, 0.717) is 6.54 Å². The number of nitrogen functional groups attached to an aromatic ring is 1. The Labute approximate surface area is 117 Å². The number of nitrogens with zero attached hydrogens (tertiary/aromatic N) is 1. The predicted molar refractivity (Wildman–Crippen MR) is 74.4 cm³/mol. The highest BCUT2D eigenvalue weighted by atomic mass is 35.5. The maximum atomic E-state index is 12.0. The van der Waals surface area contributed by atoms with Crippen molar-refractivity contribution in [3.63, 3.8) is 0 Å². The molecule has 0 fully saturated rings. The first-order valence-electron chi connectivity index (χ1n) is 5.56. The number of amides is 1. The lowest BCUT2D eigenvalue weighted by atomic mass is 10.3. The Balaban J connectivity index is 2.88. The standard InChI is InChI=1S/C11H16ClN3O3S/c1-3-15(2)11(16)7-14-19(17,18)10-6-8(12)4-5-9(10)13/h4-6,14H,3,7,13H2,1-2H3. The second kappa shape index (κ2) is 6.23. The molecule has 0 aliphatic heterocycles. The van der Waals surface area contributed by atoms with Gasteiger partial charge in [-0.1, -0.05) is 11.6 Å². The van der Waals surface area contributed by atoms with Crippen LogP contribution in [0.2, 0.25) is 5.02 Å². The van der Waals surface area contributed by atoms with Crippen molar-refractivity contribution in [1.82, 2.24) is 9.62 Å². The zero-order valence-corrected chi connectivity index (χ0v) is 12.3. The molecule has 0 saturated carbocycles. The van der Waals surface area contributed by atoms with Crippen LogP contribution >= 0.6 is 11.6 Å². The molecule has 0 radical (unpaired) electrons. The third kappa shape index (κ3) is 4.09. The molecule has 0 heterocycles. The molecule has 0 aliphatic carbocycles. The van der Waals surface area contributed by atoms with Crippen LogP contribution in [0.1, 0.15) is 6.92 Å². The van der Waals surface area contributed by atoms with Crippen molar-refractivity contribution < 1.29 is 13.2 Å². The second-order valence-electron chi connectivity index (χ2n) is 3.91. The molecule has 0 bridgehead atoms. The van der Waals surface area contributed by atoms with Crippen LogP contribution in [0.25, 0.3) is 0 Å². The lowest BCUT2D eigenvalue weighted by Gasteiger charge is -2.15. The van der Waals surface area contributed by atoms with Gasteiger partial charge in [-0.15, -0.1) is 0 Å². The van der Waals surface area contributed by atoms with Crippen LogP contribution in [0.5, 0.6) is 0 Å². The fourth-order valence-electron chi connectivity index (χ4n) is 1.29. The van der Waals surface area contributed by atoms with Crippen molar-refractivity contribution in [1.29, 1.82) is 0 Å². The first kappa shape index (κ1) is 15.7. The van der Waals surface area contributed by atoms with Crippen molar-refractivity contribution in [3.8, 4) is 0 Å². The fourth-order valence-corrected chi connectivity index (χ4v) is 2.65. The van der Waals surface area contributed by atoms with E-state index in [1.54, 1.807) is 14.0 Å². The number of anilines is 1. The molecule has 1 amide bonds. The van der Waals surface area contributed by atoms with Gasteiger partial charge in [0.2, 0.25) is 15.9 Å². The molecular formula is C11H16ClN3O3S. The zero-order chi connectivity index (χ0) is 14.6. The topological polar surface area (TPSA) is 92.5 Å². The molecule has 0 unspecified atom stereocenters. The van der Waals surface area contributed by atoms with E-state index in [-0.39, 0.29) is 28.1 Å². The molecule has 1 aromatic rings. The minimum atomic E-state index is -3.86. The zero-order valence-electron chi connectivity index (χ0n) is 10.7. The van der Waals surface area contributed by atoms with Crippen molar-refractivity contribution in [2.75, 3.05) is 25.9 Å². The minimum absolute atomic E-state index is 0.0770. The molecule has 8 heteroatoms. The van der Waals surface area contributed by atoms with Gasteiger partial charge in [-0.25, -0.2) is 13.1 Å². The summed E-state index contributed by atoms with van der Waals surface area (Å²) >= 11 is 5.74. The summed E-state index contributed by atoms with van der Waals surface area (Å²) in [4.78, 5) is 12.8. The van der Waals surface area contributed by atoms with Crippen molar-refractivity contribution >= 4 is 33.2 Å². The number of hydrogen-bond acceptors (Lipinski definition) is 4. The Kier molecular flexibility index (Phi) is 5.16. The van der Waals surface area contributed by atoms with E-state index in [9.17, 15) is 13.2 Å². The molecule has 3 N–H and O–H groups in total. The van der Waals surface area contributed by atoms with E-state index in [1.807, 2.05) is 0 Å². The third-order valence-corrected chi connectivity index (χ3v) is 4.27. The van der Waals surface area contributed by atoms with E-state index < -0.39 is 10.0 Å². The van der Waals surface area contributed by atoms with Crippen LogP contribution in [-0.4, -0.2) is 39.4 Å². The van der Waals surface area contributed by atoms with E-state index in [0.717, 1.165) is 0 Å². The van der Waals surface area contributed by atoms with E-state index in [4.69, 9.17) is 17.3 Å². The van der Waals surface area contributed by atoms with Crippen molar-refractivity contribution in [2.24, 2.45) is 0 Å². The summed E-state index contributed by atoms with van der Waals surface area (Å²) in [7, 11) is -2.27. The van der Waals surface area contributed by atoms with Crippen molar-refractivity contribution in [3.05, 3.63) is 23.2 Å². The number of benzene rings is 1. The van der Waals surface area contributed by atoms with Gasteiger partial charge < -0.3 is 10.6 Å². The number of halogens is 1. The number of carbonyl (C=O) groups excluding carboxylic acids is 1. The Morgan fingerprint density at radius 1 is 1.47 bits per heavy atom. The Bertz CT molecular complexity index is 575. The van der Waals surface area contributed by atoms with Gasteiger partial charge in [-0.3, -0.25) is 4.79 Å². The molecule has 0 aromatic heterocycles. The first-order valence-corrected chi connectivity index (χ1v) is 7.42. The average molecular weight is 306 g/mol. The summed E-state index contributed by atoms with van der Waals surface area (Å²) in [5, 5.41) is 0.256. The lowest BCUT2D eigenvalue weighted by molar-refractivity contribution is -0.128. The molecule has 0 atom stereocenters. The Hall–Kier alpha value is -1.31. The number of nitrogens with one attached hydrogen (secondary N) is 1. The van der Waals surface area contributed by atoms with E-state index in [1.165, 1.54) is 23.1 Å². The monoisotopic (exact) mass is 305 g/mol. The summed E-state index contributed by atoms with van der Waals surface area (Å²) < 4.78 is 26.2. The maximum Gasteiger partial charge on any atom is 0.243 e. The smallest absolute Gasteiger partial charge is 0.243 e. The highest BCUT2D eigenvalue weighted by Gasteiger charge is 2.19. The maximum absolute atomic E-state index is 12.0. The molecule has 1 rings (SSSR count). The average Bonchev–Trinajstić information content (AvgIpc) is 2.37. The van der Waals surface area contributed by atoms with Gasteiger partial charge in [0.1, 0.15) is 4.90 Å². The minimum Gasteiger partial charge on any atom is -0.398 e. The predicted octanol–water partition coefficient (Wildman–Crippen LogP) is 0.679. The number of hydrogen-bond donors (Lipinski definition) is 2. The SMILES string of the molecule is CCN(C)C(=O)CNS(=O)(=O)c1cc(Cl)ccc1N. The number of sulfonamides is 1. The Morgan fingerprint density at radius 2 is 2.11 bits per heavy atom.